The molecule has 2 heterocycles. The van der Waals surface area contributed by atoms with Gasteiger partial charge in [0.15, 0.2) is 0 Å². The van der Waals surface area contributed by atoms with Crippen molar-refractivity contribution in [2.75, 3.05) is 31.7 Å². The van der Waals surface area contributed by atoms with Crippen LogP contribution < -0.4 is 4.90 Å². The summed E-state index contributed by atoms with van der Waals surface area (Å²) in [6.07, 6.45) is 2.37. The molecule has 0 bridgehead atoms. The summed E-state index contributed by atoms with van der Waals surface area (Å²) in [5, 5.41) is 8.85. The monoisotopic (exact) mass is 231 g/mol. The van der Waals surface area contributed by atoms with Crippen LogP contribution in [0.25, 0.3) is 0 Å². The van der Waals surface area contributed by atoms with E-state index in [9.17, 15) is 0 Å². The molecule has 1 unspecified atom stereocenters. The molecular weight excluding hydrogens is 214 g/mol. The maximum atomic E-state index is 8.85. The predicted molar refractivity (Wildman–Crippen MR) is 65.8 cm³/mol. The SMILES string of the molecule is COCC1CCCN(c2cccc(C#N)n2)C1. The van der Waals surface area contributed by atoms with Crippen molar-refractivity contribution in [3.8, 4) is 6.07 Å². The number of ether oxygens (including phenoxy) is 1. The van der Waals surface area contributed by atoms with Crippen LogP contribution in [0, 0.1) is 17.2 Å². The van der Waals surface area contributed by atoms with Gasteiger partial charge in [0, 0.05) is 20.2 Å². The van der Waals surface area contributed by atoms with Gasteiger partial charge in [-0.3, -0.25) is 0 Å². The van der Waals surface area contributed by atoms with E-state index in [1.807, 2.05) is 12.1 Å². The molecule has 1 aromatic rings. The van der Waals surface area contributed by atoms with Gasteiger partial charge in [-0.05, 0) is 30.9 Å². The molecule has 4 heteroatoms. The Morgan fingerprint density at radius 1 is 1.59 bits per heavy atom. The second-order valence-electron chi connectivity index (χ2n) is 4.40. The Morgan fingerprint density at radius 3 is 3.24 bits per heavy atom. The zero-order valence-corrected chi connectivity index (χ0v) is 10.1. The van der Waals surface area contributed by atoms with E-state index in [1.54, 1.807) is 13.2 Å². The van der Waals surface area contributed by atoms with Crippen LogP contribution >= 0.6 is 0 Å². The molecule has 17 heavy (non-hydrogen) atoms. The summed E-state index contributed by atoms with van der Waals surface area (Å²) in [5.41, 5.74) is 0.483. The van der Waals surface area contributed by atoms with Crippen LogP contribution in [0.4, 0.5) is 5.82 Å². The molecular formula is C13H17N3O. The van der Waals surface area contributed by atoms with E-state index in [1.165, 1.54) is 6.42 Å². The molecule has 1 aliphatic heterocycles. The summed E-state index contributed by atoms with van der Waals surface area (Å²) in [4.78, 5) is 6.58. The lowest BCUT2D eigenvalue weighted by molar-refractivity contribution is 0.143. The fourth-order valence-corrected chi connectivity index (χ4v) is 2.31. The van der Waals surface area contributed by atoms with Crippen molar-refractivity contribution < 1.29 is 4.74 Å². The van der Waals surface area contributed by atoms with Gasteiger partial charge in [0.25, 0.3) is 0 Å². The van der Waals surface area contributed by atoms with Gasteiger partial charge >= 0.3 is 0 Å². The van der Waals surface area contributed by atoms with Crippen molar-refractivity contribution in [2.24, 2.45) is 5.92 Å². The molecule has 0 aromatic carbocycles. The Bertz CT molecular complexity index is 411. The molecule has 0 saturated carbocycles. The van der Waals surface area contributed by atoms with Crippen molar-refractivity contribution in [3.05, 3.63) is 23.9 Å². The average molecular weight is 231 g/mol. The molecule has 0 spiro atoms. The van der Waals surface area contributed by atoms with Gasteiger partial charge in [-0.25, -0.2) is 4.98 Å². The average Bonchev–Trinajstić information content (AvgIpc) is 2.40. The van der Waals surface area contributed by atoms with Gasteiger partial charge in [0.05, 0.1) is 6.61 Å². The van der Waals surface area contributed by atoms with E-state index in [2.05, 4.69) is 16.0 Å². The molecule has 4 nitrogen and oxygen atoms in total. The molecule has 0 amide bonds. The van der Waals surface area contributed by atoms with Crippen molar-refractivity contribution in [3.63, 3.8) is 0 Å². The lowest BCUT2D eigenvalue weighted by atomic mass is 9.99. The zero-order valence-electron chi connectivity index (χ0n) is 10.1. The third-order valence-corrected chi connectivity index (χ3v) is 3.09. The van der Waals surface area contributed by atoms with Gasteiger partial charge in [-0.2, -0.15) is 5.26 Å². The van der Waals surface area contributed by atoms with Crippen LogP contribution in [-0.2, 0) is 4.74 Å². The maximum absolute atomic E-state index is 8.85. The van der Waals surface area contributed by atoms with Gasteiger partial charge < -0.3 is 9.64 Å². The highest BCUT2D eigenvalue weighted by molar-refractivity contribution is 5.42. The third-order valence-electron chi connectivity index (χ3n) is 3.09. The first-order valence-electron chi connectivity index (χ1n) is 5.94. The van der Waals surface area contributed by atoms with E-state index in [-0.39, 0.29) is 0 Å². The van der Waals surface area contributed by atoms with E-state index < -0.39 is 0 Å². The van der Waals surface area contributed by atoms with E-state index in [0.717, 1.165) is 31.9 Å². The first-order chi connectivity index (χ1) is 8.33. The Balaban J connectivity index is 2.08. The number of methoxy groups -OCH3 is 1. The molecule has 1 saturated heterocycles. The largest absolute Gasteiger partial charge is 0.384 e. The highest BCUT2D eigenvalue weighted by atomic mass is 16.5. The van der Waals surface area contributed by atoms with E-state index >= 15 is 0 Å². The number of piperidine rings is 1. The minimum atomic E-state index is 0.483. The molecule has 1 aromatic heterocycles. The summed E-state index contributed by atoms with van der Waals surface area (Å²) < 4.78 is 5.21. The highest BCUT2D eigenvalue weighted by Crippen LogP contribution is 2.21. The van der Waals surface area contributed by atoms with Crippen LogP contribution in [0.3, 0.4) is 0 Å². The van der Waals surface area contributed by atoms with Crippen molar-refractivity contribution in [1.29, 1.82) is 5.26 Å². The second-order valence-corrected chi connectivity index (χ2v) is 4.40. The number of nitriles is 1. The summed E-state index contributed by atoms with van der Waals surface area (Å²) in [6.45, 7) is 2.78. The topological polar surface area (TPSA) is 49.1 Å². The lowest BCUT2D eigenvalue weighted by Crippen LogP contribution is -2.37. The zero-order chi connectivity index (χ0) is 12.1. The normalized spacial score (nSPS) is 20.0. The fraction of sp³-hybridized carbons (Fsp3) is 0.538. The summed E-state index contributed by atoms with van der Waals surface area (Å²) >= 11 is 0. The quantitative estimate of drug-likeness (QED) is 0.796. The number of rotatable bonds is 3. The molecule has 0 aliphatic carbocycles. The first-order valence-corrected chi connectivity index (χ1v) is 5.94. The van der Waals surface area contributed by atoms with Crippen LogP contribution in [0.5, 0.6) is 0 Å². The number of nitrogens with zero attached hydrogens (tertiary/aromatic N) is 3. The number of aromatic nitrogens is 1. The smallest absolute Gasteiger partial charge is 0.142 e. The van der Waals surface area contributed by atoms with E-state index in [4.69, 9.17) is 10.00 Å². The highest BCUT2D eigenvalue weighted by Gasteiger charge is 2.20. The summed E-state index contributed by atoms with van der Waals surface area (Å²) in [6, 6.07) is 7.67. The molecule has 90 valence electrons. The Morgan fingerprint density at radius 2 is 2.47 bits per heavy atom. The molecule has 2 rings (SSSR count). The summed E-state index contributed by atoms with van der Waals surface area (Å²) in [5.74, 6) is 1.48. The van der Waals surface area contributed by atoms with Crippen LogP contribution in [-0.4, -0.2) is 31.8 Å². The van der Waals surface area contributed by atoms with Crippen LogP contribution in [0.15, 0.2) is 18.2 Å². The molecule has 0 radical (unpaired) electrons. The minimum absolute atomic E-state index is 0.483. The first kappa shape index (κ1) is 11.9. The lowest BCUT2D eigenvalue weighted by Gasteiger charge is -2.33. The Labute approximate surface area is 102 Å². The van der Waals surface area contributed by atoms with Gasteiger partial charge in [-0.15, -0.1) is 0 Å². The Kier molecular flexibility index (Phi) is 3.94. The number of anilines is 1. The van der Waals surface area contributed by atoms with Gasteiger partial charge in [0.1, 0.15) is 17.6 Å². The molecule has 0 N–H and O–H groups in total. The fourth-order valence-electron chi connectivity index (χ4n) is 2.31. The minimum Gasteiger partial charge on any atom is -0.384 e. The number of hydrogen-bond donors (Lipinski definition) is 0. The second kappa shape index (κ2) is 5.65. The van der Waals surface area contributed by atoms with Crippen molar-refractivity contribution >= 4 is 5.82 Å². The van der Waals surface area contributed by atoms with Gasteiger partial charge in [-0.1, -0.05) is 6.07 Å². The molecule has 1 atom stereocenters. The maximum Gasteiger partial charge on any atom is 0.142 e. The molecule has 1 aliphatic rings. The number of hydrogen-bond acceptors (Lipinski definition) is 4. The van der Waals surface area contributed by atoms with Crippen molar-refractivity contribution in [2.45, 2.75) is 12.8 Å². The van der Waals surface area contributed by atoms with Crippen LogP contribution in [0.2, 0.25) is 0 Å². The standard InChI is InChI=1S/C13H17N3O/c1-17-10-11-4-3-7-16(9-11)13-6-2-5-12(8-14)15-13/h2,5-6,11H,3-4,7,9-10H2,1H3. The van der Waals surface area contributed by atoms with Gasteiger partial charge in [0.2, 0.25) is 0 Å². The van der Waals surface area contributed by atoms with Crippen LogP contribution in [0.1, 0.15) is 18.5 Å². The predicted octanol–water partition coefficient (Wildman–Crippen LogP) is 1.82. The number of pyridine rings is 1. The van der Waals surface area contributed by atoms with E-state index in [0.29, 0.717) is 11.6 Å². The molecule has 1 fully saturated rings. The van der Waals surface area contributed by atoms with Crippen molar-refractivity contribution in [1.82, 2.24) is 4.98 Å². The summed E-state index contributed by atoms with van der Waals surface area (Å²) in [7, 11) is 1.74. The Hall–Kier alpha value is -1.60. The third kappa shape index (κ3) is 2.95.